The molecule has 1 N–H and O–H groups in total. The number of carbonyl (C=O) groups is 1. The number of hydrogen-bond acceptors (Lipinski definition) is 5. The maximum absolute atomic E-state index is 12.9. The van der Waals surface area contributed by atoms with Gasteiger partial charge in [-0.15, -0.1) is 0 Å². The van der Waals surface area contributed by atoms with Crippen molar-refractivity contribution in [3.05, 3.63) is 17.7 Å². The topological polar surface area (TPSA) is 68.2 Å². The van der Waals surface area contributed by atoms with E-state index in [2.05, 4.69) is 19.6 Å². The number of phenols is 1. The van der Waals surface area contributed by atoms with E-state index in [1.807, 2.05) is 40.7 Å². The van der Waals surface area contributed by atoms with E-state index < -0.39 is 31.5 Å². The lowest BCUT2D eigenvalue weighted by Crippen LogP contribution is -2.47. The van der Waals surface area contributed by atoms with E-state index in [1.54, 1.807) is 18.1 Å². The Balaban J connectivity index is 2.51. The van der Waals surface area contributed by atoms with Crippen LogP contribution in [0.15, 0.2) is 12.1 Å². The van der Waals surface area contributed by atoms with Crippen LogP contribution in [0.2, 0.25) is 19.6 Å². The molecule has 2 rings (SSSR count). The zero-order valence-electron chi connectivity index (χ0n) is 18.0. The number of aromatic hydroxyl groups is 1. The Bertz CT molecular complexity index is 718. The van der Waals surface area contributed by atoms with Gasteiger partial charge < -0.3 is 19.3 Å². The summed E-state index contributed by atoms with van der Waals surface area (Å²) in [7, 11) is -0.0876. The number of methoxy groups -OCH3 is 1. The van der Waals surface area contributed by atoms with Crippen molar-refractivity contribution >= 4 is 19.4 Å². The van der Waals surface area contributed by atoms with Gasteiger partial charge in [0.15, 0.2) is 0 Å². The molecule has 0 aromatic heterocycles. The molecule has 0 bridgehead atoms. The van der Waals surface area contributed by atoms with Crippen molar-refractivity contribution in [3.8, 4) is 11.5 Å². The number of benzene rings is 1. The number of ether oxygens (including phenoxy) is 3. The van der Waals surface area contributed by atoms with Gasteiger partial charge in [-0.25, -0.2) is 4.79 Å². The summed E-state index contributed by atoms with van der Waals surface area (Å²) < 4.78 is 17.1. The maximum atomic E-state index is 12.9. The van der Waals surface area contributed by atoms with Crippen LogP contribution in [0.25, 0.3) is 0 Å². The fraction of sp³-hybridized carbons (Fsp3) is 0.650. The molecule has 0 aliphatic carbocycles. The molecule has 7 heteroatoms. The highest BCUT2D eigenvalue weighted by Gasteiger charge is 2.47. The third-order valence-electron chi connectivity index (χ3n) is 4.59. The van der Waals surface area contributed by atoms with Crippen LogP contribution in [0, 0.1) is 0 Å². The smallest absolute Gasteiger partial charge is 0.413 e. The molecule has 0 spiro atoms. The molecule has 1 aliphatic heterocycles. The van der Waals surface area contributed by atoms with E-state index in [9.17, 15) is 9.90 Å². The highest BCUT2D eigenvalue weighted by Crippen LogP contribution is 2.42. The Kier molecular flexibility index (Phi) is 5.61. The average molecular weight is 396 g/mol. The van der Waals surface area contributed by atoms with Crippen LogP contribution in [0.1, 0.15) is 46.2 Å². The quantitative estimate of drug-likeness (QED) is 0.784. The number of phenolic OH excluding ortho intramolecular Hbond substituents is 1. The Labute approximate surface area is 163 Å². The SMILES string of the molecule is COc1cc([C@@H]2COC(C)(C)N2C(=O)OC(C)(C)C)c(O)cc1[Si](C)(C)C. The first-order valence-electron chi connectivity index (χ1n) is 9.25. The summed E-state index contributed by atoms with van der Waals surface area (Å²) in [5, 5.41) is 11.8. The molecule has 1 aromatic rings. The molecule has 1 aromatic carbocycles. The molecule has 1 aliphatic rings. The largest absolute Gasteiger partial charge is 0.508 e. The zero-order chi connectivity index (χ0) is 20.8. The van der Waals surface area contributed by atoms with Crippen LogP contribution in [0.3, 0.4) is 0 Å². The predicted octanol–water partition coefficient (Wildman–Crippen LogP) is 3.99. The number of hydrogen-bond donors (Lipinski definition) is 1. The molecule has 0 saturated carbocycles. The third-order valence-corrected chi connectivity index (χ3v) is 6.60. The van der Waals surface area contributed by atoms with E-state index >= 15 is 0 Å². The predicted molar refractivity (Wildman–Crippen MR) is 108 cm³/mol. The molecule has 152 valence electrons. The van der Waals surface area contributed by atoms with E-state index in [-0.39, 0.29) is 12.4 Å². The first-order valence-corrected chi connectivity index (χ1v) is 12.7. The number of amides is 1. The van der Waals surface area contributed by atoms with Crippen LogP contribution < -0.4 is 9.92 Å². The van der Waals surface area contributed by atoms with Gasteiger partial charge in [0, 0.05) is 5.56 Å². The van der Waals surface area contributed by atoms with Crippen LogP contribution >= 0.6 is 0 Å². The molecule has 1 saturated heterocycles. The molecular formula is C20H33NO5Si. The third kappa shape index (κ3) is 4.58. The van der Waals surface area contributed by atoms with Gasteiger partial charge in [0.05, 0.1) is 27.8 Å². The molecular weight excluding hydrogens is 362 g/mol. The van der Waals surface area contributed by atoms with Gasteiger partial charge in [0.25, 0.3) is 0 Å². The summed E-state index contributed by atoms with van der Waals surface area (Å²) in [6.07, 6.45) is -0.470. The van der Waals surface area contributed by atoms with Gasteiger partial charge in [0.1, 0.15) is 22.8 Å². The van der Waals surface area contributed by atoms with Crippen molar-refractivity contribution < 1.29 is 24.1 Å². The summed E-state index contributed by atoms with van der Waals surface area (Å²) in [5.41, 5.74) is -0.864. The second-order valence-corrected chi connectivity index (χ2v) is 14.5. The van der Waals surface area contributed by atoms with E-state index in [0.717, 1.165) is 10.9 Å². The van der Waals surface area contributed by atoms with E-state index in [4.69, 9.17) is 14.2 Å². The first kappa shape index (κ1) is 21.6. The zero-order valence-corrected chi connectivity index (χ0v) is 19.0. The molecule has 6 nitrogen and oxygen atoms in total. The van der Waals surface area contributed by atoms with Crippen LogP contribution in [0.5, 0.6) is 11.5 Å². The molecule has 0 radical (unpaired) electrons. The Morgan fingerprint density at radius 3 is 2.37 bits per heavy atom. The Hall–Kier alpha value is -1.73. The minimum absolute atomic E-state index is 0.146. The van der Waals surface area contributed by atoms with Crippen molar-refractivity contribution in [2.45, 2.75) is 71.6 Å². The van der Waals surface area contributed by atoms with Crippen molar-refractivity contribution in [3.63, 3.8) is 0 Å². The molecule has 1 amide bonds. The lowest BCUT2D eigenvalue weighted by atomic mass is 10.0. The summed E-state index contributed by atoms with van der Waals surface area (Å²) >= 11 is 0. The standard InChI is InChI=1S/C20H33NO5Si/c1-19(2,3)26-18(23)21-14(12-25-20(21,4)5)13-10-16(24-6)17(11-15(13)22)27(7,8)9/h10-11,14,22H,12H2,1-9H3/t14-/m0/s1. The normalized spacial score (nSPS) is 19.9. The van der Waals surface area contributed by atoms with Crippen LogP contribution in [-0.4, -0.2) is 49.2 Å². The lowest BCUT2D eigenvalue weighted by molar-refractivity contribution is -0.0626. The highest BCUT2D eigenvalue weighted by molar-refractivity contribution is 6.89. The first-order chi connectivity index (χ1) is 12.2. The minimum Gasteiger partial charge on any atom is -0.508 e. The fourth-order valence-corrected chi connectivity index (χ4v) is 4.78. The van der Waals surface area contributed by atoms with E-state index in [0.29, 0.717) is 5.56 Å². The van der Waals surface area contributed by atoms with Crippen molar-refractivity contribution in [2.24, 2.45) is 0 Å². The van der Waals surface area contributed by atoms with Gasteiger partial charge in [-0.1, -0.05) is 19.6 Å². The molecule has 1 atom stereocenters. The summed E-state index contributed by atoms with van der Waals surface area (Å²) in [6, 6.07) is 3.15. The second-order valence-electron chi connectivity index (χ2n) is 9.49. The molecule has 1 heterocycles. The van der Waals surface area contributed by atoms with Crippen LogP contribution in [0.4, 0.5) is 4.79 Å². The monoisotopic (exact) mass is 395 g/mol. The molecule has 1 fully saturated rings. The highest BCUT2D eigenvalue weighted by atomic mass is 28.3. The average Bonchev–Trinajstić information content (AvgIpc) is 2.79. The Morgan fingerprint density at radius 1 is 1.30 bits per heavy atom. The number of rotatable bonds is 3. The van der Waals surface area contributed by atoms with Gasteiger partial charge in [0.2, 0.25) is 0 Å². The van der Waals surface area contributed by atoms with Crippen molar-refractivity contribution in [1.29, 1.82) is 0 Å². The summed E-state index contributed by atoms with van der Waals surface area (Å²) in [5.74, 6) is 0.879. The summed E-state index contributed by atoms with van der Waals surface area (Å²) in [4.78, 5) is 14.4. The van der Waals surface area contributed by atoms with Gasteiger partial charge >= 0.3 is 6.09 Å². The number of carbonyl (C=O) groups excluding carboxylic acids is 1. The van der Waals surface area contributed by atoms with Crippen molar-refractivity contribution in [1.82, 2.24) is 4.90 Å². The maximum Gasteiger partial charge on any atom is 0.413 e. The second kappa shape index (κ2) is 7.02. The number of nitrogens with zero attached hydrogens (tertiary/aromatic N) is 1. The fourth-order valence-electron chi connectivity index (χ4n) is 3.30. The van der Waals surface area contributed by atoms with Crippen LogP contribution in [-0.2, 0) is 9.47 Å². The minimum atomic E-state index is -1.71. The summed E-state index contributed by atoms with van der Waals surface area (Å²) in [6.45, 7) is 16.0. The molecule has 0 unspecified atom stereocenters. The van der Waals surface area contributed by atoms with Gasteiger partial charge in [-0.2, -0.15) is 0 Å². The van der Waals surface area contributed by atoms with E-state index in [1.165, 1.54) is 0 Å². The Morgan fingerprint density at radius 2 is 1.89 bits per heavy atom. The van der Waals surface area contributed by atoms with Crippen molar-refractivity contribution in [2.75, 3.05) is 13.7 Å². The van der Waals surface area contributed by atoms with Gasteiger partial charge in [-0.05, 0) is 51.9 Å². The molecule has 27 heavy (non-hydrogen) atoms. The lowest BCUT2D eigenvalue weighted by Gasteiger charge is -2.35. The van der Waals surface area contributed by atoms with Gasteiger partial charge in [-0.3, -0.25) is 4.90 Å².